The van der Waals surface area contributed by atoms with Crippen molar-refractivity contribution in [3.8, 4) is 0 Å². The Labute approximate surface area is 177 Å². The Bertz CT molecular complexity index is 387. The van der Waals surface area contributed by atoms with Crippen LogP contribution in [-0.2, 0) is 9.47 Å². The molecule has 0 radical (unpaired) electrons. The Kier molecular flexibility index (Phi) is 12.9. The molecule has 2 saturated heterocycles. The summed E-state index contributed by atoms with van der Waals surface area (Å²) >= 11 is 0. The number of rotatable bonds is 9. The van der Waals surface area contributed by atoms with Crippen molar-refractivity contribution in [3.05, 3.63) is 0 Å². The van der Waals surface area contributed by atoms with Crippen LogP contribution in [0, 0.1) is 17.8 Å². The number of halogens is 1. The topological polar surface area (TPSA) is 46.1 Å². The number of likely N-dealkylation sites (tertiary alicyclic amines) is 1. The lowest BCUT2D eigenvalue weighted by molar-refractivity contribution is 0.0205. The Morgan fingerprint density at radius 3 is 2.69 bits per heavy atom. The summed E-state index contributed by atoms with van der Waals surface area (Å²) in [4.78, 5) is 7.27. The van der Waals surface area contributed by atoms with Gasteiger partial charge >= 0.3 is 0 Å². The molecule has 6 heteroatoms. The molecule has 0 spiro atoms. The monoisotopic (exact) mass is 481 g/mol. The lowest BCUT2D eigenvalue weighted by Crippen LogP contribution is -2.40. The van der Waals surface area contributed by atoms with Crippen LogP contribution in [0.15, 0.2) is 4.99 Å². The van der Waals surface area contributed by atoms with Crippen molar-refractivity contribution in [2.75, 3.05) is 52.6 Å². The zero-order valence-corrected chi connectivity index (χ0v) is 19.4. The van der Waals surface area contributed by atoms with E-state index in [1.165, 1.54) is 12.8 Å². The Morgan fingerprint density at radius 1 is 1.23 bits per heavy atom. The minimum atomic E-state index is 0. The zero-order valence-electron chi connectivity index (χ0n) is 17.0. The molecular formula is C20H40IN3O2. The van der Waals surface area contributed by atoms with Crippen LogP contribution in [0.1, 0.15) is 52.9 Å². The second-order valence-electron chi connectivity index (χ2n) is 7.95. The smallest absolute Gasteiger partial charge is 0.193 e. The zero-order chi connectivity index (χ0) is 17.9. The van der Waals surface area contributed by atoms with Gasteiger partial charge in [-0.3, -0.25) is 4.99 Å². The fraction of sp³-hybridized carbons (Fsp3) is 0.950. The first-order valence-electron chi connectivity index (χ1n) is 10.4. The summed E-state index contributed by atoms with van der Waals surface area (Å²) in [6.07, 6.45) is 5.93. The highest BCUT2D eigenvalue weighted by Gasteiger charge is 2.25. The van der Waals surface area contributed by atoms with Gasteiger partial charge in [0.1, 0.15) is 0 Å². The van der Waals surface area contributed by atoms with E-state index in [1.54, 1.807) is 0 Å². The first-order chi connectivity index (χ1) is 12.2. The van der Waals surface area contributed by atoms with Crippen molar-refractivity contribution in [2.24, 2.45) is 22.7 Å². The van der Waals surface area contributed by atoms with E-state index in [1.807, 2.05) is 0 Å². The maximum absolute atomic E-state index is 5.84. The third kappa shape index (κ3) is 9.22. The molecule has 0 aromatic carbocycles. The van der Waals surface area contributed by atoms with Crippen molar-refractivity contribution in [1.29, 1.82) is 0 Å². The molecule has 2 fully saturated rings. The molecule has 1 N–H and O–H groups in total. The van der Waals surface area contributed by atoms with Gasteiger partial charge < -0.3 is 19.7 Å². The SMILES string of the molecule is CCNC(=NCCCOCC1CCOCC1)N1CCC(CC(C)C)C1.I. The minimum absolute atomic E-state index is 0. The lowest BCUT2D eigenvalue weighted by atomic mass is 9.97. The van der Waals surface area contributed by atoms with Gasteiger partial charge in [-0.2, -0.15) is 0 Å². The van der Waals surface area contributed by atoms with E-state index < -0.39 is 0 Å². The van der Waals surface area contributed by atoms with Crippen LogP contribution in [-0.4, -0.2) is 63.5 Å². The molecule has 26 heavy (non-hydrogen) atoms. The van der Waals surface area contributed by atoms with Crippen molar-refractivity contribution >= 4 is 29.9 Å². The molecule has 2 aliphatic heterocycles. The highest BCUT2D eigenvalue weighted by molar-refractivity contribution is 14.0. The van der Waals surface area contributed by atoms with E-state index >= 15 is 0 Å². The molecule has 0 amide bonds. The van der Waals surface area contributed by atoms with Crippen LogP contribution in [0.4, 0.5) is 0 Å². The van der Waals surface area contributed by atoms with Crippen LogP contribution >= 0.6 is 24.0 Å². The number of hydrogen-bond donors (Lipinski definition) is 1. The predicted molar refractivity (Wildman–Crippen MR) is 120 cm³/mol. The molecule has 2 rings (SSSR count). The van der Waals surface area contributed by atoms with Crippen LogP contribution in [0.2, 0.25) is 0 Å². The highest BCUT2D eigenvalue weighted by atomic mass is 127. The fourth-order valence-corrected chi connectivity index (χ4v) is 3.82. The summed E-state index contributed by atoms with van der Waals surface area (Å²) in [6, 6.07) is 0. The quantitative estimate of drug-likeness (QED) is 0.236. The molecule has 5 nitrogen and oxygen atoms in total. The molecule has 1 unspecified atom stereocenters. The third-order valence-electron chi connectivity index (χ3n) is 5.13. The van der Waals surface area contributed by atoms with Gasteiger partial charge in [0, 0.05) is 52.6 Å². The van der Waals surface area contributed by atoms with Crippen molar-refractivity contribution < 1.29 is 9.47 Å². The van der Waals surface area contributed by atoms with Gasteiger partial charge in [0.15, 0.2) is 5.96 Å². The first kappa shape index (κ1) is 24.0. The molecule has 0 saturated carbocycles. The van der Waals surface area contributed by atoms with Crippen molar-refractivity contribution in [3.63, 3.8) is 0 Å². The minimum Gasteiger partial charge on any atom is -0.381 e. The second kappa shape index (κ2) is 14.0. The second-order valence-corrected chi connectivity index (χ2v) is 7.95. The summed E-state index contributed by atoms with van der Waals surface area (Å²) in [7, 11) is 0. The van der Waals surface area contributed by atoms with Crippen molar-refractivity contribution in [2.45, 2.75) is 52.9 Å². The van der Waals surface area contributed by atoms with Gasteiger partial charge in [-0.1, -0.05) is 13.8 Å². The van der Waals surface area contributed by atoms with Crippen molar-refractivity contribution in [1.82, 2.24) is 10.2 Å². The van der Waals surface area contributed by atoms with Crippen LogP contribution in [0.25, 0.3) is 0 Å². The van der Waals surface area contributed by atoms with Gasteiger partial charge in [-0.25, -0.2) is 0 Å². The van der Waals surface area contributed by atoms with Gasteiger partial charge in [-0.05, 0) is 56.8 Å². The molecule has 0 aliphatic carbocycles. The largest absolute Gasteiger partial charge is 0.381 e. The summed E-state index contributed by atoms with van der Waals surface area (Å²) < 4.78 is 11.2. The van der Waals surface area contributed by atoms with Gasteiger partial charge in [0.25, 0.3) is 0 Å². The lowest BCUT2D eigenvalue weighted by Gasteiger charge is -2.22. The van der Waals surface area contributed by atoms with E-state index in [9.17, 15) is 0 Å². The number of hydrogen-bond acceptors (Lipinski definition) is 3. The van der Waals surface area contributed by atoms with Gasteiger partial charge in [0.2, 0.25) is 0 Å². The molecular weight excluding hydrogens is 441 g/mol. The first-order valence-corrected chi connectivity index (χ1v) is 10.4. The Hall–Kier alpha value is -0.0800. The molecule has 154 valence electrons. The standard InChI is InChI=1S/C20H39N3O2.HI/c1-4-21-20(23-10-6-19(15-23)14-17(2)3)22-9-5-11-25-16-18-7-12-24-13-8-18;/h17-19H,4-16H2,1-3H3,(H,21,22);1H. The van der Waals surface area contributed by atoms with E-state index in [0.717, 1.165) is 89.7 Å². The average molecular weight is 481 g/mol. The Balaban J connectivity index is 0.00000338. The Morgan fingerprint density at radius 2 is 2.00 bits per heavy atom. The van der Waals surface area contributed by atoms with Crippen LogP contribution < -0.4 is 5.32 Å². The number of guanidine groups is 1. The maximum atomic E-state index is 5.84. The maximum Gasteiger partial charge on any atom is 0.193 e. The molecule has 0 aromatic heterocycles. The van der Waals surface area contributed by atoms with E-state index in [4.69, 9.17) is 14.5 Å². The van der Waals surface area contributed by atoms with Crippen LogP contribution in [0.3, 0.4) is 0 Å². The number of nitrogens with one attached hydrogen (secondary N) is 1. The number of nitrogens with zero attached hydrogens (tertiary/aromatic N) is 2. The summed E-state index contributed by atoms with van der Waals surface area (Å²) in [5, 5.41) is 3.46. The summed E-state index contributed by atoms with van der Waals surface area (Å²) in [5.74, 6) is 3.40. The third-order valence-corrected chi connectivity index (χ3v) is 5.13. The van der Waals surface area contributed by atoms with E-state index in [0.29, 0.717) is 5.92 Å². The summed E-state index contributed by atoms with van der Waals surface area (Å²) in [5.41, 5.74) is 0. The predicted octanol–water partition coefficient (Wildman–Crippen LogP) is 3.77. The average Bonchev–Trinajstić information content (AvgIpc) is 3.05. The van der Waals surface area contributed by atoms with Crippen LogP contribution in [0.5, 0.6) is 0 Å². The number of aliphatic imine (C=N–C) groups is 1. The van der Waals surface area contributed by atoms with E-state index in [2.05, 4.69) is 31.0 Å². The number of ether oxygens (including phenoxy) is 2. The summed E-state index contributed by atoms with van der Waals surface area (Å²) in [6.45, 7) is 14.4. The van der Waals surface area contributed by atoms with E-state index in [-0.39, 0.29) is 24.0 Å². The highest BCUT2D eigenvalue weighted by Crippen LogP contribution is 2.23. The van der Waals surface area contributed by atoms with Gasteiger partial charge in [-0.15, -0.1) is 24.0 Å². The molecule has 2 aliphatic rings. The molecule has 0 aromatic rings. The fourth-order valence-electron chi connectivity index (χ4n) is 3.82. The van der Waals surface area contributed by atoms with Gasteiger partial charge in [0.05, 0.1) is 0 Å². The molecule has 0 bridgehead atoms. The molecule has 1 atom stereocenters. The normalized spacial score (nSPS) is 21.9. The molecule has 2 heterocycles.